The third-order valence-electron chi connectivity index (χ3n) is 6.69. The Labute approximate surface area is 199 Å². The standard InChI is InChI=1S/C25H31N7O2/c33-24(7-6-23-28-25(29-34-23)21-8-11-26-12-9-21)32-13-3-4-20(19-32)18-30-14-16-31(17-15-30)22-5-1-2-10-27-22/h1-2,5,8-12,20H,3-4,6-7,13-19H2. The second kappa shape index (κ2) is 10.7. The number of carbonyl (C=O) groups excluding carboxylic acids is 1. The molecule has 2 aliphatic heterocycles. The molecule has 3 aromatic rings. The predicted octanol–water partition coefficient (Wildman–Crippen LogP) is 2.52. The fourth-order valence-electron chi connectivity index (χ4n) is 4.85. The minimum atomic E-state index is 0.174. The fraction of sp³-hybridized carbons (Fsp3) is 0.480. The number of nitrogens with zero attached hydrogens (tertiary/aromatic N) is 7. The quantitative estimate of drug-likeness (QED) is 0.530. The van der Waals surface area contributed by atoms with E-state index in [2.05, 4.69) is 36.0 Å². The summed E-state index contributed by atoms with van der Waals surface area (Å²) in [4.78, 5) is 32.7. The number of pyridine rings is 2. The second-order valence-electron chi connectivity index (χ2n) is 9.07. The Kier molecular flexibility index (Phi) is 7.09. The van der Waals surface area contributed by atoms with E-state index in [4.69, 9.17) is 4.52 Å². The number of piperazine rings is 1. The molecule has 9 nitrogen and oxygen atoms in total. The summed E-state index contributed by atoms with van der Waals surface area (Å²) >= 11 is 0. The Balaban J connectivity index is 1.07. The van der Waals surface area contributed by atoms with E-state index in [1.54, 1.807) is 12.4 Å². The van der Waals surface area contributed by atoms with Gasteiger partial charge in [0.05, 0.1) is 0 Å². The van der Waals surface area contributed by atoms with Crippen LogP contribution in [0.25, 0.3) is 11.4 Å². The van der Waals surface area contributed by atoms with Crippen LogP contribution >= 0.6 is 0 Å². The van der Waals surface area contributed by atoms with Crippen LogP contribution in [-0.2, 0) is 11.2 Å². The van der Waals surface area contributed by atoms with Gasteiger partial charge in [0.2, 0.25) is 17.6 Å². The lowest BCUT2D eigenvalue weighted by Gasteiger charge is -2.39. The Hall–Kier alpha value is -3.33. The van der Waals surface area contributed by atoms with Crippen molar-refractivity contribution in [2.45, 2.75) is 25.7 Å². The first-order valence-electron chi connectivity index (χ1n) is 12.1. The summed E-state index contributed by atoms with van der Waals surface area (Å²) in [6, 6.07) is 9.76. The summed E-state index contributed by atoms with van der Waals surface area (Å²) in [6.07, 6.45) is 8.36. The zero-order valence-electron chi connectivity index (χ0n) is 19.4. The number of rotatable bonds is 7. The Morgan fingerprint density at radius 3 is 2.68 bits per heavy atom. The van der Waals surface area contributed by atoms with Crippen molar-refractivity contribution in [2.75, 3.05) is 50.7 Å². The van der Waals surface area contributed by atoms with Gasteiger partial charge in [-0.15, -0.1) is 0 Å². The van der Waals surface area contributed by atoms with Gasteiger partial charge in [-0.1, -0.05) is 11.2 Å². The van der Waals surface area contributed by atoms with Gasteiger partial charge in [-0.05, 0) is 43.0 Å². The molecule has 0 spiro atoms. The van der Waals surface area contributed by atoms with Crippen LogP contribution in [0.5, 0.6) is 0 Å². The molecule has 2 fully saturated rings. The molecular weight excluding hydrogens is 430 g/mol. The van der Waals surface area contributed by atoms with Crippen molar-refractivity contribution >= 4 is 11.7 Å². The van der Waals surface area contributed by atoms with Gasteiger partial charge in [-0.2, -0.15) is 4.98 Å². The zero-order chi connectivity index (χ0) is 23.2. The number of aryl methyl sites for hydroxylation is 1. The first-order valence-corrected chi connectivity index (χ1v) is 12.1. The minimum Gasteiger partial charge on any atom is -0.354 e. The van der Waals surface area contributed by atoms with Crippen LogP contribution in [0.1, 0.15) is 25.2 Å². The average Bonchev–Trinajstić information content (AvgIpc) is 3.38. The maximum atomic E-state index is 12.9. The minimum absolute atomic E-state index is 0.174. The van der Waals surface area contributed by atoms with E-state index in [-0.39, 0.29) is 5.91 Å². The number of amides is 1. The molecule has 5 rings (SSSR count). The summed E-state index contributed by atoms with van der Waals surface area (Å²) in [6.45, 7) is 6.81. The topological polar surface area (TPSA) is 91.5 Å². The van der Waals surface area contributed by atoms with Crippen molar-refractivity contribution in [3.8, 4) is 11.4 Å². The molecule has 0 radical (unpaired) electrons. The molecule has 9 heteroatoms. The zero-order valence-corrected chi connectivity index (χ0v) is 19.4. The van der Waals surface area contributed by atoms with Crippen LogP contribution in [0.4, 0.5) is 5.82 Å². The monoisotopic (exact) mass is 461 g/mol. The van der Waals surface area contributed by atoms with Crippen LogP contribution in [0.15, 0.2) is 53.4 Å². The smallest absolute Gasteiger partial charge is 0.227 e. The van der Waals surface area contributed by atoms with Gasteiger partial charge in [0.25, 0.3) is 0 Å². The van der Waals surface area contributed by atoms with Crippen LogP contribution in [0, 0.1) is 5.92 Å². The number of aromatic nitrogens is 4. The molecule has 0 saturated carbocycles. The lowest BCUT2D eigenvalue weighted by molar-refractivity contribution is -0.133. The van der Waals surface area contributed by atoms with Crippen LogP contribution < -0.4 is 4.90 Å². The van der Waals surface area contributed by atoms with Gasteiger partial charge in [0.15, 0.2) is 0 Å². The van der Waals surface area contributed by atoms with Gasteiger partial charge in [-0.25, -0.2) is 4.98 Å². The first-order chi connectivity index (χ1) is 16.7. The van der Waals surface area contributed by atoms with Crippen molar-refractivity contribution in [3.05, 3.63) is 54.8 Å². The van der Waals surface area contributed by atoms with E-state index in [1.165, 1.54) is 6.42 Å². The van der Waals surface area contributed by atoms with Gasteiger partial charge >= 0.3 is 0 Å². The molecule has 3 aromatic heterocycles. The van der Waals surface area contributed by atoms with Crippen molar-refractivity contribution < 1.29 is 9.32 Å². The summed E-state index contributed by atoms with van der Waals surface area (Å²) in [5, 5.41) is 4.03. The Morgan fingerprint density at radius 2 is 1.88 bits per heavy atom. The van der Waals surface area contributed by atoms with Gasteiger partial charge in [-0.3, -0.25) is 14.7 Å². The third-order valence-corrected chi connectivity index (χ3v) is 6.69. The highest BCUT2D eigenvalue weighted by Crippen LogP contribution is 2.21. The SMILES string of the molecule is O=C(CCc1nc(-c2ccncc2)no1)N1CCCC(CN2CCN(c3ccccn3)CC2)C1. The maximum absolute atomic E-state index is 12.9. The summed E-state index contributed by atoms with van der Waals surface area (Å²) in [5.41, 5.74) is 0.857. The van der Waals surface area contributed by atoms with Gasteiger partial charge < -0.3 is 14.3 Å². The normalized spacial score (nSPS) is 19.4. The lowest BCUT2D eigenvalue weighted by atomic mass is 9.96. The van der Waals surface area contributed by atoms with Crippen LogP contribution in [0.3, 0.4) is 0 Å². The van der Waals surface area contributed by atoms with E-state index in [0.717, 1.165) is 63.6 Å². The molecule has 2 aliphatic rings. The first kappa shape index (κ1) is 22.5. The number of anilines is 1. The Morgan fingerprint density at radius 1 is 1.03 bits per heavy atom. The lowest BCUT2D eigenvalue weighted by Crippen LogP contribution is -2.50. The van der Waals surface area contributed by atoms with E-state index in [1.807, 2.05) is 35.4 Å². The van der Waals surface area contributed by atoms with Crippen molar-refractivity contribution in [1.82, 2.24) is 29.9 Å². The maximum Gasteiger partial charge on any atom is 0.227 e. The molecule has 1 unspecified atom stereocenters. The number of carbonyl (C=O) groups is 1. The number of hydrogen-bond acceptors (Lipinski definition) is 8. The van der Waals surface area contributed by atoms with E-state index in [0.29, 0.717) is 30.5 Å². The van der Waals surface area contributed by atoms with Crippen molar-refractivity contribution in [3.63, 3.8) is 0 Å². The van der Waals surface area contributed by atoms with E-state index >= 15 is 0 Å². The second-order valence-corrected chi connectivity index (χ2v) is 9.07. The predicted molar refractivity (Wildman–Crippen MR) is 128 cm³/mol. The molecule has 5 heterocycles. The fourth-order valence-corrected chi connectivity index (χ4v) is 4.85. The van der Waals surface area contributed by atoms with Gasteiger partial charge in [0.1, 0.15) is 5.82 Å². The molecule has 0 bridgehead atoms. The van der Waals surface area contributed by atoms with Crippen molar-refractivity contribution in [1.29, 1.82) is 0 Å². The molecular formula is C25H31N7O2. The van der Waals surface area contributed by atoms with Crippen LogP contribution in [-0.4, -0.2) is 81.6 Å². The largest absolute Gasteiger partial charge is 0.354 e. The highest BCUT2D eigenvalue weighted by molar-refractivity contribution is 5.76. The number of piperidine rings is 1. The average molecular weight is 462 g/mol. The molecule has 178 valence electrons. The molecule has 2 saturated heterocycles. The van der Waals surface area contributed by atoms with E-state index < -0.39 is 0 Å². The van der Waals surface area contributed by atoms with Gasteiger partial charge in [0, 0.05) is 82.8 Å². The number of likely N-dealkylation sites (tertiary alicyclic amines) is 1. The number of hydrogen-bond donors (Lipinski definition) is 0. The summed E-state index contributed by atoms with van der Waals surface area (Å²) < 4.78 is 5.35. The highest BCUT2D eigenvalue weighted by atomic mass is 16.5. The van der Waals surface area contributed by atoms with Crippen molar-refractivity contribution in [2.24, 2.45) is 5.92 Å². The highest BCUT2D eigenvalue weighted by Gasteiger charge is 2.27. The Bertz CT molecular complexity index is 1050. The molecule has 0 aliphatic carbocycles. The van der Waals surface area contributed by atoms with E-state index in [9.17, 15) is 4.79 Å². The third kappa shape index (κ3) is 5.59. The summed E-state index contributed by atoms with van der Waals surface area (Å²) in [5.74, 6) is 2.80. The van der Waals surface area contributed by atoms with Crippen LogP contribution in [0.2, 0.25) is 0 Å². The molecule has 34 heavy (non-hydrogen) atoms. The summed E-state index contributed by atoms with van der Waals surface area (Å²) in [7, 11) is 0. The molecule has 1 amide bonds. The molecule has 0 N–H and O–H groups in total. The molecule has 1 atom stereocenters. The molecule has 0 aromatic carbocycles.